The molecule has 6 heteroatoms. The summed E-state index contributed by atoms with van der Waals surface area (Å²) >= 11 is 0. The zero-order valence-corrected chi connectivity index (χ0v) is 15.4. The van der Waals surface area contributed by atoms with Crippen LogP contribution in [0.2, 0.25) is 0 Å². The van der Waals surface area contributed by atoms with E-state index in [9.17, 15) is 14.9 Å². The first-order valence-corrected chi connectivity index (χ1v) is 9.39. The van der Waals surface area contributed by atoms with Crippen molar-refractivity contribution in [2.24, 2.45) is 0 Å². The van der Waals surface area contributed by atoms with E-state index in [0.717, 1.165) is 45.6 Å². The quantitative estimate of drug-likeness (QED) is 0.557. The summed E-state index contributed by atoms with van der Waals surface area (Å²) in [6, 6.07) is 16.8. The summed E-state index contributed by atoms with van der Waals surface area (Å²) in [5.74, 6) is 0.0411. The number of carbonyl (C=O) groups is 1. The summed E-state index contributed by atoms with van der Waals surface area (Å²) in [4.78, 5) is 27.2. The molecule has 0 unspecified atom stereocenters. The highest BCUT2D eigenvalue weighted by atomic mass is 16.6. The molecule has 0 aromatic heterocycles. The van der Waals surface area contributed by atoms with E-state index in [1.807, 2.05) is 11.0 Å². The third kappa shape index (κ3) is 5.62. The smallest absolute Gasteiger partial charge is 0.269 e. The second kappa shape index (κ2) is 9.28. The predicted molar refractivity (Wildman–Crippen MR) is 105 cm³/mol. The molecular formula is C21H25N3O3. The van der Waals surface area contributed by atoms with E-state index in [0.29, 0.717) is 5.56 Å². The van der Waals surface area contributed by atoms with Crippen molar-refractivity contribution in [1.29, 1.82) is 0 Å². The van der Waals surface area contributed by atoms with Crippen LogP contribution < -0.4 is 0 Å². The van der Waals surface area contributed by atoms with E-state index in [2.05, 4.69) is 29.2 Å². The number of aryl methyl sites for hydroxylation is 1. The lowest BCUT2D eigenvalue weighted by Crippen LogP contribution is -2.49. The van der Waals surface area contributed by atoms with E-state index in [4.69, 9.17) is 0 Å². The van der Waals surface area contributed by atoms with Crippen LogP contribution in [0.4, 0.5) is 5.69 Å². The Morgan fingerprint density at radius 1 is 0.963 bits per heavy atom. The van der Waals surface area contributed by atoms with E-state index in [1.165, 1.54) is 17.7 Å². The molecule has 1 heterocycles. The van der Waals surface area contributed by atoms with E-state index < -0.39 is 4.92 Å². The fraction of sp³-hybridized carbons (Fsp3) is 0.381. The molecule has 2 aromatic carbocycles. The molecule has 1 saturated heterocycles. The maximum absolute atomic E-state index is 12.5. The summed E-state index contributed by atoms with van der Waals surface area (Å²) in [6.45, 7) is 4.25. The third-order valence-corrected chi connectivity index (χ3v) is 4.98. The van der Waals surface area contributed by atoms with Crippen LogP contribution in [-0.4, -0.2) is 53.4 Å². The molecule has 142 valence electrons. The summed E-state index contributed by atoms with van der Waals surface area (Å²) in [6.07, 6.45) is 2.41. The van der Waals surface area contributed by atoms with E-state index in [1.54, 1.807) is 12.1 Å². The Morgan fingerprint density at radius 2 is 1.67 bits per heavy atom. The maximum atomic E-state index is 12.5. The van der Waals surface area contributed by atoms with Crippen molar-refractivity contribution in [2.75, 3.05) is 32.7 Å². The monoisotopic (exact) mass is 367 g/mol. The standard InChI is InChI=1S/C21H25N3O3/c25-21(17-19-8-4-10-20(16-19)24(26)27)23-14-12-22(13-15-23)11-5-9-18-6-2-1-3-7-18/h1-4,6-8,10,16H,5,9,11-15,17H2. The topological polar surface area (TPSA) is 66.7 Å². The van der Waals surface area contributed by atoms with Gasteiger partial charge in [0.15, 0.2) is 0 Å². The summed E-state index contributed by atoms with van der Waals surface area (Å²) < 4.78 is 0. The number of nitrogens with zero attached hydrogens (tertiary/aromatic N) is 3. The highest BCUT2D eigenvalue weighted by Gasteiger charge is 2.21. The average molecular weight is 367 g/mol. The van der Waals surface area contributed by atoms with Crippen molar-refractivity contribution in [2.45, 2.75) is 19.3 Å². The highest BCUT2D eigenvalue weighted by Crippen LogP contribution is 2.15. The van der Waals surface area contributed by atoms with Gasteiger partial charge in [0.05, 0.1) is 11.3 Å². The number of carbonyl (C=O) groups excluding carboxylic acids is 1. The SMILES string of the molecule is O=C(Cc1cccc([N+](=O)[O-])c1)N1CCN(CCCc2ccccc2)CC1. The molecule has 3 rings (SSSR count). The first kappa shape index (κ1) is 19.0. The molecule has 1 aliphatic rings. The molecule has 1 fully saturated rings. The molecule has 6 nitrogen and oxygen atoms in total. The first-order valence-electron chi connectivity index (χ1n) is 9.39. The average Bonchev–Trinajstić information content (AvgIpc) is 2.69. The molecule has 1 aliphatic heterocycles. The molecule has 0 bridgehead atoms. The minimum Gasteiger partial charge on any atom is -0.340 e. The van der Waals surface area contributed by atoms with Crippen LogP contribution in [0.1, 0.15) is 17.5 Å². The molecule has 0 spiro atoms. The number of hydrogen-bond donors (Lipinski definition) is 0. The summed E-state index contributed by atoms with van der Waals surface area (Å²) in [7, 11) is 0. The fourth-order valence-corrected chi connectivity index (χ4v) is 3.44. The van der Waals surface area contributed by atoms with Gasteiger partial charge in [0, 0.05) is 38.3 Å². The Balaban J connectivity index is 1.41. The van der Waals surface area contributed by atoms with E-state index >= 15 is 0 Å². The van der Waals surface area contributed by atoms with Crippen molar-refractivity contribution in [3.63, 3.8) is 0 Å². The van der Waals surface area contributed by atoms with Crippen molar-refractivity contribution < 1.29 is 9.72 Å². The molecular weight excluding hydrogens is 342 g/mol. The Bertz CT molecular complexity index is 771. The van der Waals surface area contributed by atoms with Crippen LogP contribution in [0.3, 0.4) is 0 Å². The summed E-state index contributed by atoms with van der Waals surface area (Å²) in [5, 5.41) is 10.9. The largest absolute Gasteiger partial charge is 0.340 e. The van der Waals surface area contributed by atoms with Gasteiger partial charge < -0.3 is 4.90 Å². The van der Waals surface area contributed by atoms with Gasteiger partial charge in [-0.3, -0.25) is 19.8 Å². The number of amides is 1. The van der Waals surface area contributed by atoms with Gasteiger partial charge >= 0.3 is 0 Å². The Morgan fingerprint density at radius 3 is 2.37 bits per heavy atom. The maximum Gasteiger partial charge on any atom is 0.269 e. The zero-order valence-electron chi connectivity index (χ0n) is 15.4. The van der Waals surface area contributed by atoms with Crippen molar-refractivity contribution in [3.8, 4) is 0 Å². The second-order valence-electron chi connectivity index (χ2n) is 6.92. The number of hydrogen-bond acceptors (Lipinski definition) is 4. The van der Waals surface area contributed by atoms with Gasteiger partial charge in [0.1, 0.15) is 0 Å². The highest BCUT2D eigenvalue weighted by molar-refractivity contribution is 5.79. The molecule has 27 heavy (non-hydrogen) atoms. The lowest BCUT2D eigenvalue weighted by molar-refractivity contribution is -0.384. The van der Waals surface area contributed by atoms with Gasteiger partial charge in [0.2, 0.25) is 5.91 Å². The molecule has 0 aliphatic carbocycles. The molecule has 1 amide bonds. The number of nitro benzene ring substituents is 1. The minimum atomic E-state index is -0.428. The molecule has 0 N–H and O–H groups in total. The first-order chi connectivity index (χ1) is 13.1. The number of benzene rings is 2. The van der Waals surface area contributed by atoms with Crippen LogP contribution in [0.15, 0.2) is 54.6 Å². The third-order valence-electron chi connectivity index (χ3n) is 4.98. The Labute approximate surface area is 159 Å². The van der Waals surface area contributed by atoms with Crippen LogP contribution in [0.5, 0.6) is 0 Å². The van der Waals surface area contributed by atoms with Crippen molar-refractivity contribution in [1.82, 2.24) is 9.80 Å². The Kier molecular flexibility index (Phi) is 6.54. The molecule has 2 aromatic rings. The van der Waals surface area contributed by atoms with Crippen LogP contribution in [0, 0.1) is 10.1 Å². The van der Waals surface area contributed by atoms with Gasteiger partial charge in [-0.15, -0.1) is 0 Å². The van der Waals surface area contributed by atoms with Gasteiger partial charge in [-0.05, 0) is 30.5 Å². The number of piperazine rings is 1. The van der Waals surface area contributed by atoms with Gasteiger partial charge in [0.25, 0.3) is 5.69 Å². The Hall–Kier alpha value is -2.73. The number of non-ortho nitro benzene ring substituents is 1. The van der Waals surface area contributed by atoms with Gasteiger partial charge in [-0.1, -0.05) is 42.5 Å². The molecule has 0 radical (unpaired) electrons. The summed E-state index contributed by atoms with van der Waals surface area (Å²) in [5.41, 5.74) is 2.09. The van der Waals surface area contributed by atoms with Crippen LogP contribution >= 0.6 is 0 Å². The van der Waals surface area contributed by atoms with E-state index in [-0.39, 0.29) is 18.0 Å². The predicted octanol–water partition coefficient (Wildman–Crippen LogP) is 2.91. The van der Waals surface area contributed by atoms with Gasteiger partial charge in [-0.2, -0.15) is 0 Å². The zero-order chi connectivity index (χ0) is 19.1. The van der Waals surface area contributed by atoms with Crippen molar-refractivity contribution >= 4 is 11.6 Å². The normalized spacial score (nSPS) is 14.9. The van der Waals surface area contributed by atoms with Crippen LogP contribution in [-0.2, 0) is 17.6 Å². The van der Waals surface area contributed by atoms with Crippen molar-refractivity contribution in [3.05, 3.63) is 75.8 Å². The second-order valence-corrected chi connectivity index (χ2v) is 6.92. The fourth-order valence-electron chi connectivity index (χ4n) is 3.44. The van der Waals surface area contributed by atoms with Crippen LogP contribution in [0.25, 0.3) is 0 Å². The lowest BCUT2D eigenvalue weighted by Gasteiger charge is -2.34. The number of nitro groups is 1. The molecule has 0 saturated carbocycles. The lowest BCUT2D eigenvalue weighted by atomic mass is 10.1. The molecule has 0 atom stereocenters. The minimum absolute atomic E-state index is 0.0311. The number of rotatable bonds is 7. The van der Waals surface area contributed by atoms with Gasteiger partial charge in [-0.25, -0.2) is 0 Å².